The maximum atomic E-state index is 12.6. The number of morpholine rings is 1. The minimum atomic E-state index is -0.0988. The minimum absolute atomic E-state index is 0.0361. The van der Waals surface area contributed by atoms with Crippen LogP contribution in [0.2, 0.25) is 0 Å². The van der Waals surface area contributed by atoms with Crippen LogP contribution in [0.25, 0.3) is 11.3 Å². The number of amides is 1. The summed E-state index contributed by atoms with van der Waals surface area (Å²) in [6, 6.07) is 9.28. The van der Waals surface area contributed by atoms with Crippen LogP contribution in [0.4, 0.5) is 5.69 Å². The molecule has 2 atom stereocenters. The Morgan fingerprint density at radius 3 is 2.52 bits per heavy atom. The van der Waals surface area contributed by atoms with Crippen LogP contribution in [0.1, 0.15) is 30.0 Å². The second kappa shape index (κ2) is 6.08. The summed E-state index contributed by atoms with van der Waals surface area (Å²) in [7, 11) is 0. The lowest BCUT2D eigenvalue weighted by Crippen LogP contribution is -2.48. The predicted octanol–water partition coefficient (Wildman–Crippen LogP) is 3.09. The van der Waals surface area contributed by atoms with Gasteiger partial charge in [-0.2, -0.15) is 0 Å². The number of benzene rings is 1. The van der Waals surface area contributed by atoms with Crippen LogP contribution >= 0.6 is 0 Å². The Morgan fingerprint density at radius 2 is 1.87 bits per heavy atom. The molecule has 1 aliphatic rings. The number of furan rings is 1. The highest BCUT2D eigenvalue weighted by Gasteiger charge is 2.28. The van der Waals surface area contributed by atoms with E-state index in [0.717, 1.165) is 11.1 Å². The van der Waals surface area contributed by atoms with Gasteiger partial charge < -0.3 is 19.8 Å². The molecule has 2 N–H and O–H groups in total. The summed E-state index contributed by atoms with van der Waals surface area (Å²) in [6.45, 7) is 7.06. The molecular weight excluding hydrogens is 292 g/mol. The lowest BCUT2D eigenvalue weighted by atomic mass is 10.1. The SMILES string of the molecule is Cc1ccc(-c2ccc(C(=O)N3C[C@@H](C)O[C@H](C)C3)o2)cc1N. The average molecular weight is 314 g/mol. The van der Waals surface area contributed by atoms with E-state index in [4.69, 9.17) is 14.9 Å². The lowest BCUT2D eigenvalue weighted by molar-refractivity contribution is -0.0592. The Kier molecular flexibility index (Phi) is 4.13. The number of ether oxygens (including phenoxy) is 1. The van der Waals surface area contributed by atoms with Gasteiger partial charge in [0.15, 0.2) is 5.76 Å². The summed E-state index contributed by atoms with van der Waals surface area (Å²) in [4.78, 5) is 14.4. The van der Waals surface area contributed by atoms with E-state index in [2.05, 4.69) is 0 Å². The minimum Gasteiger partial charge on any atom is -0.451 e. The van der Waals surface area contributed by atoms with Gasteiger partial charge in [-0.05, 0) is 44.5 Å². The fraction of sp³-hybridized carbons (Fsp3) is 0.389. The second-order valence-electron chi connectivity index (χ2n) is 6.20. The third-order valence-electron chi connectivity index (χ3n) is 4.09. The zero-order chi connectivity index (χ0) is 16.6. The highest BCUT2D eigenvalue weighted by Crippen LogP contribution is 2.26. The van der Waals surface area contributed by atoms with E-state index in [9.17, 15) is 4.79 Å². The number of anilines is 1. The zero-order valence-corrected chi connectivity index (χ0v) is 13.7. The first-order valence-electron chi connectivity index (χ1n) is 7.85. The molecule has 0 radical (unpaired) electrons. The standard InChI is InChI=1S/C18H22N2O3/c1-11-4-5-14(8-15(11)19)16-6-7-17(23-16)18(21)20-9-12(2)22-13(3)10-20/h4-8,12-13H,9-10,19H2,1-3H3/t12-,13-/m1/s1. The average Bonchev–Trinajstić information content (AvgIpc) is 2.98. The van der Waals surface area contributed by atoms with E-state index in [0.29, 0.717) is 30.3 Å². The van der Waals surface area contributed by atoms with E-state index in [1.807, 2.05) is 45.0 Å². The zero-order valence-electron chi connectivity index (χ0n) is 13.7. The van der Waals surface area contributed by atoms with Crippen molar-refractivity contribution in [3.63, 3.8) is 0 Å². The van der Waals surface area contributed by atoms with Gasteiger partial charge in [-0.3, -0.25) is 4.79 Å². The molecule has 2 heterocycles. The molecule has 0 bridgehead atoms. The number of hydrogen-bond donors (Lipinski definition) is 1. The molecule has 3 rings (SSSR count). The molecule has 122 valence electrons. The third kappa shape index (κ3) is 3.24. The van der Waals surface area contributed by atoms with Crippen LogP contribution in [-0.4, -0.2) is 36.1 Å². The van der Waals surface area contributed by atoms with Crippen molar-refractivity contribution in [2.24, 2.45) is 0 Å². The Hall–Kier alpha value is -2.27. The van der Waals surface area contributed by atoms with Crippen molar-refractivity contribution in [1.82, 2.24) is 4.90 Å². The first-order chi connectivity index (χ1) is 10.9. The quantitative estimate of drug-likeness (QED) is 0.865. The molecule has 0 aliphatic carbocycles. The molecule has 1 aromatic carbocycles. The summed E-state index contributed by atoms with van der Waals surface area (Å²) in [5.41, 5.74) is 8.54. The first-order valence-corrected chi connectivity index (χ1v) is 7.85. The van der Waals surface area contributed by atoms with Crippen LogP contribution in [0.5, 0.6) is 0 Å². The Bertz CT molecular complexity index is 713. The van der Waals surface area contributed by atoms with Crippen molar-refractivity contribution in [1.29, 1.82) is 0 Å². The number of aryl methyl sites for hydroxylation is 1. The molecule has 0 saturated carbocycles. The molecule has 2 aromatic rings. The van der Waals surface area contributed by atoms with Crippen LogP contribution in [0.3, 0.4) is 0 Å². The van der Waals surface area contributed by atoms with E-state index >= 15 is 0 Å². The predicted molar refractivity (Wildman–Crippen MR) is 89.2 cm³/mol. The van der Waals surface area contributed by atoms with Crippen LogP contribution < -0.4 is 5.73 Å². The van der Waals surface area contributed by atoms with Crippen molar-refractivity contribution in [3.8, 4) is 11.3 Å². The van der Waals surface area contributed by atoms with Gasteiger partial charge in [-0.1, -0.05) is 12.1 Å². The second-order valence-corrected chi connectivity index (χ2v) is 6.20. The van der Waals surface area contributed by atoms with Crippen molar-refractivity contribution >= 4 is 11.6 Å². The van der Waals surface area contributed by atoms with Crippen molar-refractivity contribution < 1.29 is 13.9 Å². The van der Waals surface area contributed by atoms with Crippen molar-refractivity contribution in [2.45, 2.75) is 33.0 Å². The molecule has 5 heteroatoms. The molecule has 1 amide bonds. The summed E-state index contributed by atoms with van der Waals surface area (Å²) in [6.07, 6.45) is 0.0723. The Morgan fingerprint density at radius 1 is 1.17 bits per heavy atom. The summed E-state index contributed by atoms with van der Waals surface area (Å²) in [5, 5.41) is 0. The number of nitrogens with two attached hydrogens (primary N) is 1. The topological polar surface area (TPSA) is 68.7 Å². The van der Waals surface area contributed by atoms with E-state index in [1.54, 1.807) is 11.0 Å². The van der Waals surface area contributed by atoms with Gasteiger partial charge in [0.1, 0.15) is 5.76 Å². The first kappa shape index (κ1) is 15.6. The number of nitrogen functional groups attached to an aromatic ring is 1. The molecule has 1 aliphatic heterocycles. The molecule has 1 fully saturated rings. The Balaban J connectivity index is 1.81. The fourth-order valence-electron chi connectivity index (χ4n) is 2.90. The number of carbonyl (C=O) groups excluding carboxylic acids is 1. The van der Waals surface area contributed by atoms with Crippen molar-refractivity contribution in [2.75, 3.05) is 18.8 Å². The molecule has 0 spiro atoms. The van der Waals surface area contributed by atoms with E-state index in [1.165, 1.54) is 0 Å². The molecule has 5 nitrogen and oxygen atoms in total. The molecular formula is C18H22N2O3. The number of nitrogens with zero attached hydrogens (tertiary/aromatic N) is 1. The van der Waals surface area contributed by atoms with Gasteiger partial charge in [0, 0.05) is 24.3 Å². The van der Waals surface area contributed by atoms with Crippen LogP contribution in [-0.2, 0) is 4.74 Å². The van der Waals surface area contributed by atoms with Crippen LogP contribution in [0, 0.1) is 6.92 Å². The van der Waals surface area contributed by atoms with E-state index < -0.39 is 0 Å². The highest BCUT2D eigenvalue weighted by atomic mass is 16.5. The van der Waals surface area contributed by atoms with Gasteiger partial charge in [-0.15, -0.1) is 0 Å². The summed E-state index contributed by atoms with van der Waals surface area (Å²) < 4.78 is 11.4. The fourth-order valence-corrected chi connectivity index (χ4v) is 2.90. The third-order valence-corrected chi connectivity index (χ3v) is 4.09. The molecule has 0 unspecified atom stereocenters. The molecule has 1 aromatic heterocycles. The smallest absolute Gasteiger partial charge is 0.289 e. The van der Waals surface area contributed by atoms with Gasteiger partial charge in [-0.25, -0.2) is 0 Å². The number of hydrogen-bond acceptors (Lipinski definition) is 4. The summed E-state index contributed by atoms with van der Waals surface area (Å²) in [5.74, 6) is 0.896. The normalized spacial score (nSPS) is 21.4. The van der Waals surface area contributed by atoms with Crippen molar-refractivity contribution in [3.05, 3.63) is 41.7 Å². The van der Waals surface area contributed by atoms with E-state index in [-0.39, 0.29) is 18.1 Å². The molecule has 1 saturated heterocycles. The molecule has 23 heavy (non-hydrogen) atoms. The van der Waals surface area contributed by atoms with Gasteiger partial charge >= 0.3 is 0 Å². The number of rotatable bonds is 2. The lowest BCUT2D eigenvalue weighted by Gasteiger charge is -2.34. The van der Waals surface area contributed by atoms with Crippen LogP contribution in [0.15, 0.2) is 34.7 Å². The highest BCUT2D eigenvalue weighted by molar-refractivity contribution is 5.92. The largest absolute Gasteiger partial charge is 0.451 e. The maximum absolute atomic E-state index is 12.6. The van der Waals surface area contributed by atoms with Gasteiger partial charge in [0.25, 0.3) is 5.91 Å². The maximum Gasteiger partial charge on any atom is 0.289 e. The number of carbonyl (C=O) groups is 1. The van der Waals surface area contributed by atoms with Gasteiger partial charge in [0.2, 0.25) is 0 Å². The van der Waals surface area contributed by atoms with Gasteiger partial charge in [0.05, 0.1) is 12.2 Å². The monoisotopic (exact) mass is 314 g/mol. The summed E-state index contributed by atoms with van der Waals surface area (Å²) >= 11 is 0. The Labute approximate surface area is 136 Å².